The summed E-state index contributed by atoms with van der Waals surface area (Å²) >= 11 is 1.86. The van der Waals surface area contributed by atoms with E-state index >= 15 is 0 Å². The highest BCUT2D eigenvalue weighted by Crippen LogP contribution is 2.31. The molecule has 1 aliphatic rings. The molecule has 1 aromatic rings. The number of nitrogens with one attached hydrogen (secondary N) is 1. The van der Waals surface area contributed by atoms with Gasteiger partial charge in [-0.3, -0.25) is 0 Å². The number of hydrogen-bond acceptors (Lipinski definition) is 2. The van der Waals surface area contributed by atoms with Gasteiger partial charge in [0.25, 0.3) is 0 Å². The maximum atomic E-state index is 13.1. The smallest absolute Gasteiger partial charge is 0.123 e. The predicted molar refractivity (Wildman–Crippen MR) is 59.0 cm³/mol. The van der Waals surface area contributed by atoms with Gasteiger partial charge in [-0.2, -0.15) is 0 Å². The van der Waals surface area contributed by atoms with E-state index < -0.39 is 0 Å². The van der Waals surface area contributed by atoms with Crippen molar-refractivity contribution in [3.8, 4) is 0 Å². The molecule has 1 heterocycles. The highest BCUT2D eigenvalue weighted by Gasteiger charge is 2.17. The van der Waals surface area contributed by atoms with Crippen molar-refractivity contribution in [3.63, 3.8) is 0 Å². The lowest BCUT2D eigenvalue weighted by molar-refractivity contribution is 0.610. The van der Waals surface area contributed by atoms with Gasteiger partial charge in [-0.25, -0.2) is 4.39 Å². The second-order valence-electron chi connectivity index (χ2n) is 3.56. The molecule has 1 fully saturated rings. The molecule has 76 valence electrons. The first kappa shape index (κ1) is 9.99. The Bertz CT molecular complexity index is 321. The number of halogens is 1. The fourth-order valence-corrected chi connectivity index (χ4v) is 2.87. The Morgan fingerprint density at radius 3 is 3.07 bits per heavy atom. The van der Waals surface area contributed by atoms with Crippen LogP contribution in [-0.4, -0.2) is 12.3 Å². The highest BCUT2D eigenvalue weighted by atomic mass is 32.2. The predicted octanol–water partition coefficient (Wildman–Crippen LogP) is 2.86. The molecule has 0 spiro atoms. The van der Waals surface area contributed by atoms with Crippen molar-refractivity contribution >= 4 is 11.8 Å². The first-order chi connectivity index (χ1) is 6.77. The molecular weight excluding hydrogens is 197 g/mol. The molecule has 2 rings (SSSR count). The standard InChI is InChI=1S/C11H14FNS/c1-8-3-4-9(12)7-10(8)11-13-5-2-6-14-11/h3-4,7,11,13H,2,5-6H2,1H3. The third kappa shape index (κ3) is 2.10. The molecule has 1 aromatic carbocycles. The maximum Gasteiger partial charge on any atom is 0.123 e. The number of benzene rings is 1. The van der Waals surface area contributed by atoms with Crippen LogP contribution in [0.2, 0.25) is 0 Å². The van der Waals surface area contributed by atoms with Crippen molar-refractivity contribution in [2.24, 2.45) is 0 Å². The van der Waals surface area contributed by atoms with Gasteiger partial charge in [-0.1, -0.05) is 6.07 Å². The molecule has 1 N–H and O–H groups in total. The largest absolute Gasteiger partial charge is 0.302 e. The van der Waals surface area contributed by atoms with E-state index in [1.165, 1.54) is 18.1 Å². The van der Waals surface area contributed by atoms with Crippen molar-refractivity contribution in [2.45, 2.75) is 18.7 Å². The van der Waals surface area contributed by atoms with Crippen molar-refractivity contribution < 1.29 is 4.39 Å². The molecule has 1 aliphatic heterocycles. The average Bonchev–Trinajstić information content (AvgIpc) is 2.23. The van der Waals surface area contributed by atoms with Crippen LogP contribution in [0.25, 0.3) is 0 Å². The molecule has 14 heavy (non-hydrogen) atoms. The molecule has 1 saturated heterocycles. The molecule has 1 atom stereocenters. The maximum absolute atomic E-state index is 13.1. The quantitative estimate of drug-likeness (QED) is 0.766. The van der Waals surface area contributed by atoms with Crippen LogP contribution < -0.4 is 5.32 Å². The Morgan fingerprint density at radius 1 is 1.50 bits per heavy atom. The monoisotopic (exact) mass is 211 g/mol. The zero-order valence-electron chi connectivity index (χ0n) is 8.22. The van der Waals surface area contributed by atoms with Gasteiger partial charge in [0.1, 0.15) is 5.82 Å². The molecule has 0 bridgehead atoms. The van der Waals surface area contributed by atoms with Crippen LogP contribution in [0.1, 0.15) is 22.9 Å². The van der Waals surface area contributed by atoms with E-state index in [0.29, 0.717) is 0 Å². The van der Waals surface area contributed by atoms with E-state index in [9.17, 15) is 4.39 Å². The van der Waals surface area contributed by atoms with E-state index in [0.717, 1.165) is 17.9 Å². The van der Waals surface area contributed by atoms with Gasteiger partial charge in [-0.05, 0) is 48.9 Å². The Balaban J connectivity index is 2.24. The van der Waals surface area contributed by atoms with E-state index in [-0.39, 0.29) is 11.2 Å². The summed E-state index contributed by atoms with van der Waals surface area (Å²) in [6.07, 6.45) is 1.20. The third-order valence-corrected chi connectivity index (χ3v) is 3.74. The molecule has 1 nitrogen and oxygen atoms in total. The van der Waals surface area contributed by atoms with Gasteiger partial charge < -0.3 is 5.32 Å². The molecule has 1 unspecified atom stereocenters. The van der Waals surface area contributed by atoms with Gasteiger partial charge in [0.05, 0.1) is 5.37 Å². The fourth-order valence-electron chi connectivity index (χ4n) is 1.66. The summed E-state index contributed by atoms with van der Waals surface area (Å²) in [5, 5.41) is 3.68. The van der Waals surface area contributed by atoms with Gasteiger partial charge in [0.2, 0.25) is 0 Å². The van der Waals surface area contributed by atoms with Gasteiger partial charge in [0.15, 0.2) is 0 Å². The zero-order valence-corrected chi connectivity index (χ0v) is 9.03. The molecule has 0 saturated carbocycles. The molecule has 0 aromatic heterocycles. The first-order valence-corrected chi connectivity index (χ1v) is 5.93. The van der Waals surface area contributed by atoms with Gasteiger partial charge in [-0.15, -0.1) is 11.8 Å². The third-order valence-electron chi connectivity index (χ3n) is 2.46. The van der Waals surface area contributed by atoms with Crippen LogP contribution in [-0.2, 0) is 0 Å². The van der Waals surface area contributed by atoms with E-state index in [1.807, 2.05) is 24.8 Å². The van der Waals surface area contributed by atoms with E-state index in [4.69, 9.17) is 0 Å². The van der Waals surface area contributed by atoms with E-state index in [1.54, 1.807) is 6.07 Å². The molecule has 0 aliphatic carbocycles. The molecule has 0 amide bonds. The van der Waals surface area contributed by atoms with Crippen molar-refractivity contribution in [1.82, 2.24) is 5.32 Å². The van der Waals surface area contributed by atoms with Gasteiger partial charge >= 0.3 is 0 Å². The molecule has 0 radical (unpaired) electrons. The molecular formula is C11H14FNS. The Hall–Kier alpha value is -0.540. The summed E-state index contributed by atoms with van der Waals surface area (Å²) in [5.74, 6) is 1.02. The van der Waals surface area contributed by atoms with Crippen LogP contribution in [0.15, 0.2) is 18.2 Å². The lowest BCUT2D eigenvalue weighted by Crippen LogP contribution is -2.25. The first-order valence-electron chi connectivity index (χ1n) is 4.88. The second kappa shape index (κ2) is 4.32. The highest BCUT2D eigenvalue weighted by molar-refractivity contribution is 7.99. The minimum Gasteiger partial charge on any atom is -0.302 e. The lowest BCUT2D eigenvalue weighted by atomic mass is 10.1. The summed E-state index contributed by atoms with van der Waals surface area (Å²) < 4.78 is 13.1. The van der Waals surface area contributed by atoms with Crippen molar-refractivity contribution in [3.05, 3.63) is 35.1 Å². The normalized spacial score (nSPS) is 22.3. The Kier molecular flexibility index (Phi) is 3.08. The zero-order chi connectivity index (χ0) is 9.97. The summed E-state index contributed by atoms with van der Waals surface area (Å²) in [6, 6.07) is 5.01. The van der Waals surface area contributed by atoms with E-state index in [2.05, 4.69) is 5.32 Å². The summed E-state index contributed by atoms with van der Waals surface area (Å²) in [7, 11) is 0. The van der Waals surface area contributed by atoms with Crippen LogP contribution in [0, 0.1) is 12.7 Å². The number of hydrogen-bond donors (Lipinski definition) is 1. The summed E-state index contributed by atoms with van der Waals surface area (Å²) in [5.41, 5.74) is 2.26. The SMILES string of the molecule is Cc1ccc(F)cc1C1NCCCS1. The summed E-state index contributed by atoms with van der Waals surface area (Å²) in [6.45, 7) is 3.07. The lowest BCUT2D eigenvalue weighted by Gasteiger charge is -2.24. The fraction of sp³-hybridized carbons (Fsp3) is 0.455. The minimum atomic E-state index is -0.140. The van der Waals surface area contributed by atoms with Crippen molar-refractivity contribution in [1.29, 1.82) is 0 Å². The van der Waals surface area contributed by atoms with Crippen LogP contribution in [0.5, 0.6) is 0 Å². The summed E-state index contributed by atoms with van der Waals surface area (Å²) in [4.78, 5) is 0. The van der Waals surface area contributed by atoms with Gasteiger partial charge in [0, 0.05) is 0 Å². The Morgan fingerprint density at radius 2 is 2.36 bits per heavy atom. The number of rotatable bonds is 1. The van der Waals surface area contributed by atoms with Crippen LogP contribution in [0.4, 0.5) is 4.39 Å². The number of thioether (sulfide) groups is 1. The van der Waals surface area contributed by atoms with Crippen LogP contribution >= 0.6 is 11.8 Å². The van der Waals surface area contributed by atoms with Crippen molar-refractivity contribution in [2.75, 3.05) is 12.3 Å². The Labute approximate surface area is 88.1 Å². The molecule has 3 heteroatoms. The van der Waals surface area contributed by atoms with Crippen LogP contribution in [0.3, 0.4) is 0 Å². The minimum absolute atomic E-state index is 0.140. The second-order valence-corrected chi connectivity index (χ2v) is 4.77. The number of aryl methyl sites for hydroxylation is 1. The topological polar surface area (TPSA) is 12.0 Å². The average molecular weight is 211 g/mol.